The van der Waals surface area contributed by atoms with Crippen molar-refractivity contribution in [2.75, 3.05) is 4.30 Å². The minimum atomic E-state index is -1.16. The molecule has 3 heteroatoms. The Kier molecular flexibility index (Phi) is 10.2. The van der Waals surface area contributed by atoms with Crippen molar-refractivity contribution in [3.8, 4) is 0 Å². The summed E-state index contributed by atoms with van der Waals surface area (Å²) in [5.74, 6) is 1.59. The summed E-state index contributed by atoms with van der Waals surface area (Å²) < 4.78 is 4.10. The lowest BCUT2D eigenvalue weighted by atomic mass is 9.93. The van der Waals surface area contributed by atoms with Gasteiger partial charge in [-0.15, -0.1) is 0 Å². The molecule has 0 saturated heterocycles. The lowest BCUT2D eigenvalue weighted by Gasteiger charge is -2.24. The molecule has 3 aromatic rings. The Balaban J connectivity index is 1.74. The van der Waals surface area contributed by atoms with Crippen LogP contribution in [0.2, 0.25) is 10.6 Å². The highest BCUT2D eigenvalue weighted by molar-refractivity contribution is 6.62. The van der Waals surface area contributed by atoms with E-state index < -0.39 is 14.4 Å². The maximum absolute atomic E-state index is 4.79. The molecule has 0 aliphatic carbocycles. The molecular formula is C32H43AlN2. The normalized spacial score (nSPS) is 11.7. The van der Waals surface area contributed by atoms with Gasteiger partial charge in [0.2, 0.25) is 0 Å². The predicted octanol–water partition coefficient (Wildman–Crippen LogP) is 9.47. The summed E-state index contributed by atoms with van der Waals surface area (Å²) in [5.41, 5.74) is 9.32. The minimum Gasteiger partial charge on any atom is -0.476 e. The van der Waals surface area contributed by atoms with Gasteiger partial charge in [-0.25, -0.2) is 0 Å². The molecule has 0 heterocycles. The minimum absolute atomic E-state index is 0.522. The van der Waals surface area contributed by atoms with E-state index in [1.165, 1.54) is 44.1 Å². The Morgan fingerprint density at radius 3 is 1.97 bits per heavy atom. The number of hydrogen-bond donors (Lipinski definition) is 1. The average molecular weight is 483 g/mol. The summed E-state index contributed by atoms with van der Waals surface area (Å²) in [7, 11) is 0. The smallest absolute Gasteiger partial charge is 0.411 e. The first-order valence-electron chi connectivity index (χ1n) is 13.4. The second-order valence-corrected chi connectivity index (χ2v) is 13.7. The molecule has 3 aromatic carbocycles. The number of anilines is 1. The summed E-state index contributed by atoms with van der Waals surface area (Å²) in [6, 6.07) is 24.2. The zero-order chi connectivity index (χ0) is 25.4. The Morgan fingerprint density at radius 2 is 1.40 bits per heavy atom. The third kappa shape index (κ3) is 7.57. The lowest BCUT2D eigenvalue weighted by Crippen LogP contribution is -2.26. The van der Waals surface area contributed by atoms with Crippen LogP contribution in [0.25, 0.3) is 0 Å². The number of aryl methyl sites for hydroxylation is 1. The molecule has 0 aliphatic rings. The van der Waals surface area contributed by atoms with E-state index in [4.69, 9.17) is 4.99 Å². The number of nitrogens with zero attached hydrogens (tertiary/aromatic N) is 1. The van der Waals surface area contributed by atoms with Crippen molar-refractivity contribution in [2.24, 2.45) is 4.99 Å². The van der Waals surface area contributed by atoms with Gasteiger partial charge in [-0.05, 0) is 64.1 Å². The molecule has 0 spiro atoms. The third-order valence-corrected chi connectivity index (χ3v) is 9.61. The van der Waals surface area contributed by atoms with Crippen LogP contribution in [0, 0.1) is 0 Å². The second-order valence-electron chi connectivity index (χ2n) is 10.6. The van der Waals surface area contributed by atoms with Gasteiger partial charge in [0, 0.05) is 11.9 Å². The highest BCUT2D eigenvalue weighted by Crippen LogP contribution is 2.33. The first-order valence-corrected chi connectivity index (χ1v) is 15.6. The summed E-state index contributed by atoms with van der Waals surface area (Å²) in [5, 5.41) is 2.47. The first kappa shape index (κ1) is 27.3. The van der Waals surface area contributed by atoms with E-state index in [2.05, 4.69) is 119 Å². The van der Waals surface area contributed by atoms with E-state index in [-0.39, 0.29) is 0 Å². The Labute approximate surface area is 218 Å². The molecule has 0 atom stereocenters. The molecule has 0 fully saturated rings. The quantitative estimate of drug-likeness (QED) is 0.213. The van der Waals surface area contributed by atoms with Crippen LogP contribution in [0.4, 0.5) is 11.4 Å². The third-order valence-electron chi connectivity index (χ3n) is 6.94. The molecule has 0 unspecified atom stereocenters. The second kappa shape index (κ2) is 13.1. The number of hydrogen-bond acceptors (Lipinski definition) is 2. The van der Waals surface area contributed by atoms with E-state index in [0.717, 1.165) is 12.1 Å². The topological polar surface area (TPSA) is 24.4 Å². The largest absolute Gasteiger partial charge is 0.476 e. The van der Waals surface area contributed by atoms with Gasteiger partial charge in [0.25, 0.3) is 0 Å². The molecule has 1 N–H and O–H groups in total. The monoisotopic (exact) mass is 482 g/mol. The number of rotatable bonds is 11. The number of para-hydroxylation sites is 1. The maximum Gasteiger partial charge on any atom is 0.411 e. The van der Waals surface area contributed by atoms with Gasteiger partial charge in [-0.2, -0.15) is 0 Å². The van der Waals surface area contributed by atoms with E-state index in [9.17, 15) is 0 Å². The van der Waals surface area contributed by atoms with E-state index in [1.54, 1.807) is 0 Å². The lowest BCUT2D eigenvalue weighted by molar-refractivity contribution is 0.839. The highest BCUT2D eigenvalue weighted by atomic mass is 27.2. The summed E-state index contributed by atoms with van der Waals surface area (Å²) >= 11 is -1.16. The van der Waals surface area contributed by atoms with Crippen molar-refractivity contribution in [3.63, 3.8) is 0 Å². The van der Waals surface area contributed by atoms with Crippen LogP contribution in [0.15, 0.2) is 71.7 Å². The fraction of sp³-hybridized carbons (Fsp3) is 0.406. The Morgan fingerprint density at radius 1 is 0.771 bits per heavy atom. The van der Waals surface area contributed by atoms with Crippen molar-refractivity contribution in [1.29, 1.82) is 0 Å². The fourth-order valence-electron chi connectivity index (χ4n) is 4.61. The zero-order valence-corrected chi connectivity index (χ0v) is 24.0. The molecule has 0 radical (unpaired) electrons. The van der Waals surface area contributed by atoms with Crippen molar-refractivity contribution < 1.29 is 0 Å². The molecule has 0 saturated carbocycles. The van der Waals surface area contributed by atoms with Crippen LogP contribution in [0.3, 0.4) is 0 Å². The predicted molar refractivity (Wildman–Crippen MR) is 157 cm³/mol. The number of nitrogens with one attached hydrogen (secondary N) is 1. The van der Waals surface area contributed by atoms with Crippen LogP contribution in [0.1, 0.15) is 94.0 Å². The highest BCUT2D eigenvalue weighted by Gasteiger charge is 2.21. The van der Waals surface area contributed by atoms with Gasteiger partial charge in [-0.3, -0.25) is 4.99 Å². The summed E-state index contributed by atoms with van der Waals surface area (Å²) in [6.07, 6.45) is 3.13. The van der Waals surface area contributed by atoms with Gasteiger partial charge in [-0.1, -0.05) is 114 Å². The van der Waals surface area contributed by atoms with Gasteiger partial charge in [0.1, 0.15) is 0 Å². The van der Waals surface area contributed by atoms with Crippen molar-refractivity contribution in [3.05, 3.63) is 94.5 Å². The zero-order valence-electron chi connectivity index (χ0n) is 22.8. The first-order chi connectivity index (χ1) is 16.8. The van der Waals surface area contributed by atoms with Gasteiger partial charge < -0.3 is 4.30 Å². The fourth-order valence-corrected chi connectivity index (χ4v) is 6.76. The SMILES string of the molecule is C[CH2][Al]([CH2]Cc1ccccc1C=Nc1ccc(C(C)C)cc1)[NH]c1c(C(C)C)cccc1C(C)C. The molecule has 0 aromatic heterocycles. The van der Waals surface area contributed by atoms with E-state index >= 15 is 0 Å². The Bertz CT molecular complexity index is 1070. The van der Waals surface area contributed by atoms with Gasteiger partial charge in [0.05, 0.1) is 5.69 Å². The van der Waals surface area contributed by atoms with Crippen molar-refractivity contribution in [1.82, 2.24) is 0 Å². The van der Waals surface area contributed by atoms with Crippen LogP contribution in [-0.4, -0.2) is 20.6 Å². The van der Waals surface area contributed by atoms with Gasteiger partial charge >= 0.3 is 14.4 Å². The summed E-state index contributed by atoms with van der Waals surface area (Å²) in [6.45, 7) is 16.0. The number of benzene rings is 3. The molecule has 2 nitrogen and oxygen atoms in total. The van der Waals surface area contributed by atoms with E-state index in [1.807, 2.05) is 6.21 Å². The molecule has 0 bridgehead atoms. The van der Waals surface area contributed by atoms with Crippen molar-refractivity contribution >= 4 is 32.0 Å². The van der Waals surface area contributed by atoms with Crippen molar-refractivity contribution in [2.45, 2.75) is 83.2 Å². The molecular weight excluding hydrogens is 439 g/mol. The molecule has 0 amide bonds. The standard InChI is InChI=1S/C18H20N.C12H18N.C2H5.Al/c1-4-15-7-5-6-8-17(15)13-19-18-11-9-16(10-12-18)14(2)3;1-8(2)10-6-5-7-11(9(3)4)12(10)13;1-2;/h5-14H,1,4H2,2-3H3;5-9,13H,1-4H3;1H2,2H3;/q;-1;;+1. The van der Waals surface area contributed by atoms with Crippen LogP contribution in [-0.2, 0) is 6.42 Å². The molecule has 0 aliphatic heterocycles. The van der Waals surface area contributed by atoms with E-state index in [0.29, 0.717) is 17.8 Å². The molecule has 184 valence electrons. The number of aliphatic imine (C=N–C) groups is 1. The molecule has 35 heavy (non-hydrogen) atoms. The van der Waals surface area contributed by atoms with Gasteiger partial charge in [0.15, 0.2) is 0 Å². The maximum atomic E-state index is 4.79. The average Bonchev–Trinajstić information content (AvgIpc) is 2.85. The van der Waals surface area contributed by atoms with Crippen LogP contribution in [0.5, 0.6) is 0 Å². The van der Waals surface area contributed by atoms with Crippen LogP contribution >= 0.6 is 0 Å². The Hall–Kier alpha value is -2.34. The van der Waals surface area contributed by atoms with Crippen LogP contribution < -0.4 is 4.30 Å². The summed E-state index contributed by atoms with van der Waals surface area (Å²) in [4.78, 5) is 4.79. The molecule has 3 rings (SSSR count).